The summed E-state index contributed by atoms with van der Waals surface area (Å²) in [7, 11) is 0. The average molecular weight is 359 g/mol. The number of benzene rings is 2. The van der Waals surface area contributed by atoms with Crippen molar-refractivity contribution in [2.24, 2.45) is 5.73 Å². The van der Waals surface area contributed by atoms with Gasteiger partial charge in [-0.2, -0.15) is 0 Å². The second-order valence-electron chi connectivity index (χ2n) is 6.08. The van der Waals surface area contributed by atoms with Crippen LogP contribution in [0.5, 0.6) is 0 Å². The highest BCUT2D eigenvalue weighted by Gasteiger charge is 2.15. The van der Waals surface area contributed by atoms with Gasteiger partial charge in [-0.05, 0) is 36.8 Å². The molecule has 8 heteroatoms. The van der Waals surface area contributed by atoms with E-state index in [1.807, 2.05) is 41.8 Å². The third-order valence-corrected chi connectivity index (χ3v) is 4.23. The first-order valence-corrected chi connectivity index (χ1v) is 8.26. The summed E-state index contributed by atoms with van der Waals surface area (Å²) in [6.07, 6.45) is 1.40. The molecule has 0 spiro atoms. The summed E-state index contributed by atoms with van der Waals surface area (Å²) in [4.78, 5) is 24.5. The zero-order valence-corrected chi connectivity index (χ0v) is 14.5. The smallest absolute Gasteiger partial charge is 0.248 e. The molecular weight excluding hydrogens is 342 g/mol. The Morgan fingerprint density at radius 1 is 1.11 bits per heavy atom. The van der Waals surface area contributed by atoms with E-state index in [0.29, 0.717) is 23.1 Å². The van der Waals surface area contributed by atoms with Gasteiger partial charge in [0, 0.05) is 17.3 Å². The second-order valence-corrected chi connectivity index (χ2v) is 6.08. The van der Waals surface area contributed by atoms with E-state index < -0.39 is 5.91 Å². The van der Waals surface area contributed by atoms with Gasteiger partial charge in [0.1, 0.15) is 18.0 Å². The first-order valence-electron chi connectivity index (χ1n) is 8.26. The molecular formula is C19H17N7O. The molecule has 134 valence electrons. The minimum atomic E-state index is -0.491. The summed E-state index contributed by atoms with van der Waals surface area (Å²) in [5.74, 6) is 0.993. The lowest BCUT2D eigenvalue weighted by atomic mass is 10.1. The predicted molar refractivity (Wildman–Crippen MR) is 104 cm³/mol. The van der Waals surface area contributed by atoms with Gasteiger partial charge < -0.3 is 16.8 Å². The Morgan fingerprint density at radius 2 is 1.93 bits per heavy atom. The molecule has 0 aliphatic heterocycles. The number of aryl methyl sites for hydroxylation is 1. The van der Waals surface area contributed by atoms with Crippen molar-refractivity contribution in [3.05, 3.63) is 66.0 Å². The number of rotatable bonds is 4. The van der Waals surface area contributed by atoms with Crippen molar-refractivity contribution in [3.63, 3.8) is 0 Å². The van der Waals surface area contributed by atoms with Crippen molar-refractivity contribution < 1.29 is 4.79 Å². The summed E-state index contributed by atoms with van der Waals surface area (Å²) in [5, 5.41) is 3.29. The lowest BCUT2D eigenvalue weighted by Crippen LogP contribution is -2.12. The number of nitrogens with two attached hydrogens (primary N) is 2. The highest BCUT2D eigenvalue weighted by Crippen LogP contribution is 2.28. The summed E-state index contributed by atoms with van der Waals surface area (Å²) < 4.78 is 1.85. The second kappa shape index (κ2) is 6.41. The quantitative estimate of drug-likeness (QED) is 0.514. The van der Waals surface area contributed by atoms with Crippen LogP contribution in [0.1, 0.15) is 15.9 Å². The number of nitrogens with one attached hydrogen (secondary N) is 1. The van der Waals surface area contributed by atoms with E-state index in [0.717, 1.165) is 22.3 Å². The molecule has 8 nitrogen and oxygen atoms in total. The van der Waals surface area contributed by atoms with Crippen molar-refractivity contribution in [2.75, 3.05) is 11.1 Å². The molecule has 2 aromatic heterocycles. The zero-order valence-electron chi connectivity index (χ0n) is 14.5. The molecule has 0 bridgehead atoms. The number of para-hydroxylation sites is 2. The van der Waals surface area contributed by atoms with Gasteiger partial charge >= 0.3 is 0 Å². The van der Waals surface area contributed by atoms with Crippen LogP contribution in [-0.2, 0) is 0 Å². The summed E-state index contributed by atoms with van der Waals surface area (Å²) in [5.41, 5.74) is 15.0. The monoisotopic (exact) mass is 359 g/mol. The fraction of sp³-hybridized carbons (Fsp3) is 0.0526. The third kappa shape index (κ3) is 3.04. The number of carbonyl (C=O) groups is 1. The van der Waals surface area contributed by atoms with Gasteiger partial charge in [-0.3, -0.25) is 9.36 Å². The van der Waals surface area contributed by atoms with E-state index >= 15 is 0 Å². The maximum atomic E-state index is 11.5. The summed E-state index contributed by atoms with van der Waals surface area (Å²) >= 11 is 0. The fourth-order valence-corrected chi connectivity index (χ4v) is 2.86. The third-order valence-electron chi connectivity index (χ3n) is 4.23. The van der Waals surface area contributed by atoms with Crippen LogP contribution < -0.4 is 16.8 Å². The molecule has 0 atom stereocenters. The van der Waals surface area contributed by atoms with Crippen LogP contribution in [0.15, 0.2) is 54.9 Å². The van der Waals surface area contributed by atoms with E-state index in [4.69, 9.17) is 11.5 Å². The summed E-state index contributed by atoms with van der Waals surface area (Å²) in [6, 6.07) is 14.6. The van der Waals surface area contributed by atoms with Crippen molar-refractivity contribution in [2.45, 2.75) is 6.92 Å². The van der Waals surface area contributed by atoms with Gasteiger partial charge in [0.15, 0.2) is 0 Å². The van der Waals surface area contributed by atoms with Gasteiger partial charge in [-0.25, -0.2) is 15.0 Å². The van der Waals surface area contributed by atoms with Gasteiger partial charge in [0.2, 0.25) is 11.9 Å². The number of primary amides is 1. The van der Waals surface area contributed by atoms with Crippen LogP contribution in [0.4, 0.5) is 17.5 Å². The average Bonchev–Trinajstić information content (AvgIpc) is 3.01. The lowest BCUT2D eigenvalue weighted by Gasteiger charge is -2.13. The maximum Gasteiger partial charge on any atom is 0.248 e. The minimum Gasteiger partial charge on any atom is -0.384 e. The van der Waals surface area contributed by atoms with E-state index in [9.17, 15) is 4.79 Å². The van der Waals surface area contributed by atoms with Crippen LogP contribution in [-0.4, -0.2) is 25.4 Å². The molecule has 2 heterocycles. The maximum absolute atomic E-state index is 11.5. The molecule has 0 saturated carbocycles. The number of hydrogen-bond donors (Lipinski definition) is 3. The number of anilines is 3. The largest absolute Gasteiger partial charge is 0.384 e. The Bertz CT molecular complexity index is 1170. The lowest BCUT2D eigenvalue weighted by molar-refractivity contribution is 0.100. The van der Waals surface area contributed by atoms with Crippen LogP contribution in [0.25, 0.3) is 16.9 Å². The van der Waals surface area contributed by atoms with Gasteiger partial charge in [0.25, 0.3) is 0 Å². The molecule has 2 aromatic carbocycles. The van der Waals surface area contributed by atoms with Crippen molar-refractivity contribution in [1.82, 2.24) is 19.5 Å². The minimum absolute atomic E-state index is 0.357. The predicted octanol–water partition coefficient (Wildman–Crippen LogP) is 2.55. The van der Waals surface area contributed by atoms with Gasteiger partial charge in [-0.1, -0.05) is 18.2 Å². The number of nitrogen functional groups attached to an aromatic ring is 1. The first-order chi connectivity index (χ1) is 13.0. The number of carbonyl (C=O) groups excluding carboxylic acids is 1. The molecule has 0 aliphatic carbocycles. The van der Waals surface area contributed by atoms with Gasteiger partial charge in [0.05, 0.1) is 11.0 Å². The van der Waals surface area contributed by atoms with Crippen molar-refractivity contribution in [1.29, 1.82) is 0 Å². The fourth-order valence-electron chi connectivity index (χ4n) is 2.86. The molecule has 0 unspecified atom stereocenters. The van der Waals surface area contributed by atoms with Crippen LogP contribution in [0, 0.1) is 6.92 Å². The Hall–Kier alpha value is -3.94. The molecule has 27 heavy (non-hydrogen) atoms. The number of imidazole rings is 1. The Kier molecular flexibility index (Phi) is 3.92. The Morgan fingerprint density at radius 3 is 2.70 bits per heavy atom. The molecule has 4 aromatic rings. The van der Waals surface area contributed by atoms with Crippen LogP contribution in [0.3, 0.4) is 0 Å². The molecule has 4 rings (SSSR count). The number of aromatic nitrogens is 4. The molecule has 0 fully saturated rings. The molecule has 0 radical (unpaired) electrons. The van der Waals surface area contributed by atoms with E-state index in [-0.39, 0.29) is 0 Å². The number of nitrogens with zero attached hydrogens (tertiary/aromatic N) is 4. The number of hydrogen-bond acceptors (Lipinski definition) is 6. The standard InChI is InChI=1S/C19H17N7O/c1-11-6-7-12(18(21)27)8-14(11)25-19-24-13-4-2-3-5-15(13)26(19)17-9-16(20)22-10-23-17/h2-10H,1H3,(H2,21,27)(H,24,25)(H2,20,22,23). The Balaban J connectivity index is 1.89. The van der Waals surface area contributed by atoms with Gasteiger partial charge in [-0.15, -0.1) is 0 Å². The van der Waals surface area contributed by atoms with Crippen molar-refractivity contribution in [3.8, 4) is 5.82 Å². The van der Waals surface area contributed by atoms with Crippen LogP contribution in [0.2, 0.25) is 0 Å². The Labute approximate surface area is 154 Å². The molecule has 5 N–H and O–H groups in total. The van der Waals surface area contributed by atoms with E-state index in [1.165, 1.54) is 6.33 Å². The van der Waals surface area contributed by atoms with Crippen LogP contribution >= 0.6 is 0 Å². The highest BCUT2D eigenvalue weighted by molar-refractivity contribution is 5.94. The van der Waals surface area contributed by atoms with Crippen molar-refractivity contribution >= 4 is 34.4 Å². The van der Waals surface area contributed by atoms with E-state index in [1.54, 1.807) is 18.2 Å². The topological polar surface area (TPSA) is 125 Å². The zero-order chi connectivity index (χ0) is 19.0. The molecule has 0 saturated heterocycles. The van der Waals surface area contributed by atoms with E-state index in [2.05, 4.69) is 20.3 Å². The highest BCUT2D eigenvalue weighted by atomic mass is 16.1. The molecule has 1 amide bonds. The molecule has 0 aliphatic rings. The SMILES string of the molecule is Cc1ccc(C(N)=O)cc1Nc1nc2ccccc2n1-c1cc(N)ncn1. The normalized spacial score (nSPS) is 10.9. The summed E-state index contributed by atoms with van der Waals surface area (Å²) in [6.45, 7) is 1.93. The number of amides is 1. The number of fused-ring (bicyclic) bond motifs is 1. The first kappa shape index (κ1) is 16.5.